The number of carbonyl (C=O) groups excluding carboxylic acids is 1. The topological polar surface area (TPSA) is 72.0 Å². The molecule has 0 aliphatic carbocycles. The van der Waals surface area contributed by atoms with Crippen LogP contribution >= 0.6 is 0 Å². The Morgan fingerprint density at radius 3 is 2.55 bits per heavy atom. The number of likely N-dealkylation sites (N-methyl/N-ethyl adjacent to an activating group) is 1. The number of amides is 1. The van der Waals surface area contributed by atoms with Crippen molar-refractivity contribution in [3.05, 3.63) is 35.4 Å². The molecular formula is C24H42N6O. The van der Waals surface area contributed by atoms with E-state index in [0.29, 0.717) is 18.7 Å². The fourth-order valence-corrected chi connectivity index (χ4v) is 3.69. The summed E-state index contributed by atoms with van der Waals surface area (Å²) in [7, 11) is 3.99. The number of aliphatic imine (C=N–C) groups is 1. The highest BCUT2D eigenvalue weighted by Gasteiger charge is 2.09. The molecule has 7 nitrogen and oxygen atoms in total. The second kappa shape index (κ2) is 14.8. The Morgan fingerprint density at radius 1 is 1.06 bits per heavy atom. The molecule has 2 rings (SSSR count). The molecule has 0 radical (unpaired) electrons. The molecule has 7 heteroatoms. The van der Waals surface area contributed by atoms with E-state index in [1.807, 2.05) is 38.4 Å². The maximum Gasteiger partial charge on any atom is 0.251 e. The summed E-state index contributed by atoms with van der Waals surface area (Å²) in [6.07, 6.45) is 6.55. The Kier molecular flexibility index (Phi) is 12.0. The van der Waals surface area contributed by atoms with Crippen LogP contribution in [0.4, 0.5) is 0 Å². The Labute approximate surface area is 188 Å². The lowest BCUT2D eigenvalue weighted by molar-refractivity contribution is 0.0951. The van der Waals surface area contributed by atoms with Crippen LogP contribution in [0, 0.1) is 0 Å². The van der Waals surface area contributed by atoms with Gasteiger partial charge in [-0.25, -0.2) is 4.99 Å². The van der Waals surface area contributed by atoms with Crippen molar-refractivity contribution in [1.82, 2.24) is 25.8 Å². The summed E-state index contributed by atoms with van der Waals surface area (Å²) in [5.74, 6) is 0.797. The average molecular weight is 431 g/mol. The molecule has 1 aliphatic rings. The van der Waals surface area contributed by atoms with E-state index < -0.39 is 0 Å². The summed E-state index contributed by atoms with van der Waals surface area (Å²) in [5.41, 5.74) is 1.71. The summed E-state index contributed by atoms with van der Waals surface area (Å²) >= 11 is 0. The van der Waals surface area contributed by atoms with Gasteiger partial charge >= 0.3 is 0 Å². The number of nitrogens with one attached hydrogen (secondary N) is 3. The number of hydrogen-bond donors (Lipinski definition) is 3. The molecule has 1 aliphatic heterocycles. The van der Waals surface area contributed by atoms with Gasteiger partial charge in [-0.1, -0.05) is 25.0 Å². The van der Waals surface area contributed by atoms with E-state index in [2.05, 4.69) is 32.7 Å². The van der Waals surface area contributed by atoms with Gasteiger partial charge in [-0.3, -0.25) is 4.79 Å². The molecule has 174 valence electrons. The van der Waals surface area contributed by atoms with Crippen molar-refractivity contribution in [3.63, 3.8) is 0 Å². The van der Waals surface area contributed by atoms with Crippen molar-refractivity contribution < 1.29 is 4.79 Å². The first-order valence-electron chi connectivity index (χ1n) is 11.8. The number of guanidine groups is 1. The van der Waals surface area contributed by atoms with Crippen molar-refractivity contribution >= 4 is 11.9 Å². The Bertz CT molecular complexity index is 668. The van der Waals surface area contributed by atoms with Crippen LogP contribution in [-0.2, 0) is 6.54 Å². The van der Waals surface area contributed by atoms with E-state index in [1.54, 1.807) is 0 Å². The zero-order chi connectivity index (χ0) is 22.3. The maximum atomic E-state index is 12.4. The van der Waals surface area contributed by atoms with E-state index in [4.69, 9.17) is 4.99 Å². The molecule has 1 aromatic carbocycles. The molecule has 1 aromatic rings. The van der Waals surface area contributed by atoms with Gasteiger partial charge in [0, 0.05) is 31.7 Å². The largest absolute Gasteiger partial charge is 0.357 e. The Hall–Kier alpha value is -2.12. The number of nitrogens with zero attached hydrogens (tertiary/aromatic N) is 3. The molecule has 0 spiro atoms. The first kappa shape index (κ1) is 25.1. The van der Waals surface area contributed by atoms with Crippen molar-refractivity contribution in [3.8, 4) is 0 Å². The third-order valence-electron chi connectivity index (χ3n) is 5.44. The van der Waals surface area contributed by atoms with Crippen LogP contribution in [0.5, 0.6) is 0 Å². The van der Waals surface area contributed by atoms with Gasteiger partial charge < -0.3 is 25.8 Å². The number of benzene rings is 1. The van der Waals surface area contributed by atoms with Gasteiger partial charge in [-0.15, -0.1) is 0 Å². The normalized spacial score (nSPS) is 15.5. The zero-order valence-corrected chi connectivity index (χ0v) is 19.8. The van der Waals surface area contributed by atoms with Crippen LogP contribution in [0.1, 0.15) is 54.9 Å². The van der Waals surface area contributed by atoms with Gasteiger partial charge in [-0.2, -0.15) is 0 Å². The van der Waals surface area contributed by atoms with Crippen LogP contribution in [0.25, 0.3) is 0 Å². The van der Waals surface area contributed by atoms with Gasteiger partial charge in [-0.05, 0) is 77.6 Å². The summed E-state index contributed by atoms with van der Waals surface area (Å²) in [6, 6.07) is 7.72. The molecule has 1 saturated heterocycles. The molecule has 1 heterocycles. The second-order valence-electron chi connectivity index (χ2n) is 8.49. The SMILES string of the molecule is CCNC(=NCc1cccc(C(=O)NCCN(C)C)c1)NCCCN1CCCCCC1. The molecule has 1 fully saturated rings. The Balaban J connectivity index is 1.80. The van der Waals surface area contributed by atoms with Crippen LogP contribution < -0.4 is 16.0 Å². The highest BCUT2D eigenvalue weighted by atomic mass is 16.1. The van der Waals surface area contributed by atoms with Crippen LogP contribution in [0.2, 0.25) is 0 Å². The monoisotopic (exact) mass is 430 g/mol. The summed E-state index contributed by atoms with van der Waals surface area (Å²) in [5, 5.41) is 9.73. The fraction of sp³-hybridized carbons (Fsp3) is 0.667. The maximum absolute atomic E-state index is 12.4. The molecule has 0 unspecified atom stereocenters. The molecule has 0 atom stereocenters. The van der Waals surface area contributed by atoms with Crippen molar-refractivity contribution in [2.24, 2.45) is 4.99 Å². The third kappa shape index (κ3) is 10.6. The lowest BCUT2D eigenvalue weighted by Gasteiger charge is -2.20. The molecule has 0 saturated carbocycles. The Morgan fingerprint density at radius 2 is 1.84 bits per heavy atom. The zero-order valence-electron chi connectivity index (χ0n) is 19.8. The summed E-state index contributed by atoms with van der Waals surface area (Å²) < 4.78 is 0. The minimum Gasteiger partial charge on any atom is -0.357 e. The summed E-state index contributed by atoms with van der Waals surface area (Å²) in [4.78, 5) is 21.7. The van der Waals surface area contributed by atoms with E-state index >= 15 is 0 Å². The highest BCUT2D eigenvalue weighted by molar-refractivity contribution is 5.94. The number of hydrogen-bond acceptors (Lipinski definition) is 4. The fourth-order valence-electron chi connectivity index (χ4n) is 3.69. The lowest BCUT2D eigenvalue weighted by atomic mass is 10.1. The molecular weight excluding hydrogens is 388 g/mol. The average Bonchev–Trinajstić information content (AvgIpc) is 3.03. The number of carbonyl (C=O) groups is 1. The molecule has 0 bridgehead atoms. The van der Waals surface area contributed by atoms with E-state index in [1.165, 1.54) is 38.8 Å². The molecule has 31 heavy (non-hydrogen) atoms. The van der Waals surface area contributed by atoms with Crippen LogP contribution in [0.15, 0.2) is 29.3 Å². The number of likely N-dealkylation sites (tertiary alicyclic amines) is 1. The molecule has 0 aromatic heterocycles. The minimum atomic E-state index is -0.0359. The van der Waals surface area contributed by atoms with Crippen LogP contribution in [-0.4, -0.2) is 81.6 Å². The van der Waals surface area contributed by atoms with E-state index in [-0.39, 0.29) is 5.91 Å². The standard InChI is InChI=1S/C24H42N6O/c1-4-25-24(27-13-10-17-30-15-7-5-6-8-16-30)28-20-21-11-9-12-22(19-21)23(31)26-14-18-29(2)3/h9,11-12,19H,4-8,10,13-18,20H2,1-3H3,(H,26,31)(H2,25,27,28). The summed E-state index contributed by atoms with van der Waals surface area (Å²) in [6.45, 7) is 9.46. The smallest absolute Gasteiger partial charge is 0.251 e. The minimum absolute atomic E-state index is 0.0359. The molecule has 3 N–H and O–H groups in total. The van der Waals surface area contributed by atoms with E-state index in [9.17, 15) is 4.79 Å². The van der Waals surface area contributed by atoms with Crippen LogP contribution in [0.3, 0.4) is 0 Å². The number of rotatable bonds is 11. The van der Waals surface area contributed by atoms with Gasteiger partial charge in [0.1, 0.15) is 0 Å². The van der Waals surface area contributed by atoms with Gasteiger partial charge in [0.15, 0.2) is 5.96 Å². The highest BCUT2D eigenvalue weighted by Crippen LogP contribution is 2.09. The van der Waals surface area contributed by atoms with Gasteiger partial charge in [0.25, 0.3) is 5.91 Å². The lowest BCUT2D eigenvalue weighted by Crippen LogP contribution is -2.39. The quantitative estimate of drug-likeness (QED) is 0.285. The van der Waals surface area contributed by atoms with Crippen molar-refractivity contribution in [2.75, 3.05) is 59.9 Å². The van der Waals surface area contributed by atoms with Crippen molar-refractivity contribution in [2.45, 2.75) is 45.6 Å². The second-order valence-corrected chi connectivity index (χ2v) is 8.49. The van der Waals surface area contributed by atoms with E-state index in [0.717, 1.165) is 44.1 Å². The third-order valence-corrected chi connectivity index (χ3v) is 5.44. The van der Waals surface area contributed by atoms with Gasteiger partial charge in [0.05, 0.1) is 6.54 Å². The first-order valence-corrected chi connectivity index (χ1v) is 11.8. The predicted octanol–water partition coefficient (Wildman–Crippen LogP) is 2.30. The van der Waals surface area contributed by atoms with Gasteiger partial charge in [0.2, 0.25) is 0 Å². The molecule has 1 amide bonds. The van der Waals surface area contributed by atoms with Crippen molar-refractivity contribution in [1.29, 1.82) is 0 Å². The first-order chi connectivity index (χ1) is 15.1. The predicted molar refractivity (Wildman–Crippen MR) is 130 cm³/mol.